The van der Waals surface area contributed by atoms with Crippen LogP contribution in [-0.4, -0.2) is 37.2 Å². The average molecular weight is 332 g/mol. The summed E-state index contributed by atoms with van der Waals surface area (Å²) in [6, 6.07) is 6.81. The van der Waals surface area contributed by atoms with Crippen LogP contribution in [-0.2, 0) is 14.3 Å². The Balaban J connectivity index is 1.76. The van der Waals surface area contributed by atoms with E-state index in [9.17, 15) is 14.4 Å². The molecule has 24 heavy (non-hydrogen) atoms. The predicted molar refractivity (Wildman–Crippen MR) is 87.3 cm³/mol. The molecule has 2 N–H and O–H groups in total. The van der Waals surface area contributed by atoms with Crippen LogP contribution >= 0.6 is 0 Å². The summed E-state index contributed by atoms with van der Waals surface area (Å²) >= 11 is 0. The highest BCUT2D eigenvalue weighted by Crippen LogP contribution is 2.19. The van der Waals surface area contributed by atoms with E-state index in [1.54, 1.807) is 18.2 Å². The number of amides is 3. The van der Waals surface area contributed by atoms with Gasteiger partial charge in [0.25, 0.3) is 5.91 Å². The fraction of sp³-hybridized carbons (Fsp3) is 0.353. The van der Waals surface area contributed by atoms with E-state index in [1.165, 1.54) is 6.08 Å². The van der Waals surface area contributed by atoms with Crippen molar-refractivity contribution in [1.29, 1.82) is 0 Å². The number of hydrogen-bond donors (Lipinski definition) is 2. The number of rotatable bonds is 7. The Labute approximate surface area is 140 Å². The zero-order valence-corrected chi connectivity index (χ0v) is 13.4. The minimum atomic E-state index is -0.681. The summed E-state index contributed by atoms with van der Waals surface area (Å²) in [5.74, 6) is -0.706. The summed E-state index contributed by atoms with van der Waals surface area (Å²) in [6.45, 7) is 1.86. The van der Waals surface area contributed by atoms with Crippen molar-refractivity contribution in [3.05, 3.63) is 35.9 Å². The van der Waals surface area contributed by atoms with Crippen molar-refractivity contribution in [3.8, 4) is 5.75 Å². The third-order valence-corrected chi connectivity index (χ3v) is 3.13. The van der Waals surface area contributed by atoms with Gasteiger partial charge in [0.15, 0.2) is 6.61 Å². The van der Waals surface area contributed by atoms with Gasteiger partial charge in [-0.05, 0) is 31.9 Å². The average Bonchev–Trinajstić information content (AvgIpc) is 3.36. The van der Waals surface area contributed by atoms with Gasteiger partial charge in [-0.15, -0.1) is 0 Å². The smallest absolute Gasteiger partial charge is 0.331 e. The summed E-state index contributed by atoms with van der Waals surface area (Å²) in [5, 5.41) is 4.69. The van der Waals surface area contributed by atoms with Gasteiger partial charge in [0.05, 0.1) is 6.61 Å². The standard InChI is InChI=1S/C17H20N2O5/c1-2-23-14-6-4-3-5-12(14)7-10-16(21)24-11-15(20)19-17(22)18-13-8-9-13/h3-7,10,13H,2,8-9,11H2,1H3,(H2,18,19,20,22)/b10-7+. The first-order valence-corrected chi connectivity index (χ1v) is 7.75. The Hall–Kier alpha value is -2.83. The maximum absolute atomic E-state index is 11.6. The van der Waals surface area contributed by atoms with Gasteiger partial charge >= 0.3 is 12.0 Å². The molecule has 7 heteroatoms. The van der Waals surface area contributed by atoms with E-state index < -0.39 is 24.5 Å². The Bertz CT molecular complexity index is 638. The maximum Gasteiger partial charge on any atom is 0.331 e. The summed E-state index contributed by atoms with van der Waals surface area (Å²) < 4.78 is 10.2. The molecule has 0 unspecified atom stereocenters. The van der Waals surface area contributed by atoms with Crippen LogP contribution in [0.5, 0.6) is 5.75 Å². The highest BCUT2D eigenvalue weighted by molar-refractivity contribution is 5.96. The van der Waals surface area contributed by atoms with Gasteiger partial charge in [0, 0.05) is 17.7 Å². The highest BCUT2D eigenvalue weighted by atomic mass is 16.5. The molecule has 1 fully saturated rings. The number of hydrogen-bond acceptors (Lipinski definition) is 5. The molecule has 128 valence electrons. The molecule has 1 saturated carbocycles. The molecule has 1 aliphatic rings. The van der Waals surface area contributed by atoms with Crippen LogP contribution in [0.1, 0.15) is 25.3 Å². The molecule has 0 aliphatic heterocycles. The van der Waals surface area contributed by atoms with Crippen LogP contribution in [0.2, 0.25) is 0 Å². The molecule has 1 aromatic carbocycles. The van der Waals surface area contributed by atoms with Crippen molar-refractivity contribution in [2.24, 2.45) is 0 Å². The third kappa shape index (κ3) is 6.12. The normalized spacial score (nSPS) is 13.4. The number of esters is 1. The summed E-state index contributed by atoms with van der Waals surface area (Å²) in [4.78, 5) is 34.5. The molecule has 0 aromatic heterocycles. The molecule has 3 amide bonds. The SMILES string of the molecule is CCOc1ccccc1/C=C/C(=O)OCC(=O)NC(=O)NC1CC1. The lowest BCUT2D eigenvalue weighted by Gasteiger charge is -2.06. The van der Waals surface area contributed by atoms with Gasteiger partial charge < -0.3 is 14.8 Å². The lowest BCUT2D eigenvalue weighted by molar-refractivity contribution is -0.143. The molecule has 0 heterocycles. The summed E-state index contributed by atoms with van der Waals surface area (Å²) in [7, 11) is 0. The molecule has 0 radical (unpaired) electrons. The summed E-state index contributed by atoms with van der Waals surface area (Å²) in [6.07, 6.45) is 4.59. The number of carbonyl (C=O) groups excluding carboxylic acids is 3. The van der Waals surface area contributed by atoms with Crippen LogP contribution < -0.4 is 15.4 Å². The van der Waals surface area contributed by atoms with Crippen molar-refractivity contribution in [2.45, 2.75) is 25.8 Å². The highest BCUT2D eigenvalue weighted by Gasteiger charge is 2.23. The molecule has 0 bridgehead atoms. The van der Waals surface area contributed by atoms with Crippen molar-refractivity contribution in [2.75, 3.05) is 13.2 Å². The van der Waals surface area contributed by atoms with Gasteiger partial charge in [0.1, 0.15) is 5.75 Å². The number of imide groups is 1. The molecule has 0 atom stereocenters. The van der Waals surface area contributed by atoms with Gasteiger partial charge in [-0.3, -0.25) is 10.1 Å². The number of nitrogens with one attached hydrogen (secondary N) is 2. The van der Waals surface area contributed by atoms with Crippen molar-refractivity contribution in [3.63, 3.8) is 0 Å². The first-order valence-electron chi connectivity index (χ1n) is 7.75. The van der Waals surface area contributed by atoms with Crippen LogP contribution in [0.15, 0.2) is 30.3 Å². The second-order valence-corrected chi connectivity index (χ2v) is 5.21. The topological polar surface area (TPSA) is 93.7 Å². The van der Waals surface area contributed by atoms with Crippen LogP contribution in [0.25, 0.3) is 6.08 Å². The van der Waals surface area contributed by atoms with E-state index in [2.05, 4.69) is 10.6 Å². The number of para-hydroxylation sites is 1. The first-order chi connectivity index (χ1) is 11.6. The van der Waals surface area contributed by atoms with Gasteiger partial charge in [-0.1, -0.05) is 18.2 Å². The molecule has 7 nitrogen and oxygen atoms in total. The van der Waals surface area contributed by atoms with E-state index >= 15 is 0 Å². The number of urea groups is 1. The Kier molecular flexibility index (Phi) is 6.36. The predicted octanol–water partition coefficient (Wildman–Crippen LogP) is 1.63. The lowest BCUT2D eigenvalue weighted by atomic mass is 10.2. The molecule has 0 spiro atoms. The number of ether oxygens (including phenoxy) is 2. The molecular formula is C17H20N2O5. The lowest BCUT2D eigenvalue weighted by Crippen LogP contribution is -2.42. The van der Waals surface area contributed by atoms with Crippen LogP contribution in [0, 0.1) is 0 Å². The monoisotopic (exact) mass is 332 g/mol. The quantitative estimate of drug-likeness (QED) is 0.585. The molecule has 1 aromatic rings. The molecular weight excluding hydrogens is 312 g/mol. The van der Waals surface area contributed by atoms with Crippen molar-refractivity contribution in [1.82, 2.24) is 10.6 Å². The zero-order chi connectivity index (χ0) is 17.4. The van der Waals surface area contributed by atoms with E-state index in [0.29, 0.717) is 12.4 Å². The minimum Gasteiger partial charge on any atom is -0.493 e. The molecule has 1 aliphatic carbocycles. The Morgan fingerprint density at radius 3 is 2.71 bits per heavy atom. The zero-order valence-electron chi connectivity index (χ0n) is 13.4. The maximum atomic E-state index is 11.6. The van der Waals surface area contributed by atoms with E-state index in [-0.39, 0.29) is 6.04 Å². The van der Waals surface area contributed by atoms with Gasteiger partial charge in [-0.2, -0.15) is 0 Å². The van der Waals surface area contributed by atoms with Crippen LogP contribution in [0.4, 0.5) is 4.79 Å². The number of benzene rings is 1. The fourth-order valence-corrected chi connectivity index (χ4v) is 1.86. The number of carbonyl (C=O) groups is 3. The molecule has 2 rings (SSSR count). The van der Waals surface area contributed by atoms with E-state index in [1.807, 2.05) is 19.1 Å². The fourth-order valence-electron chi connectivity index (χ4n) is 1.86. The van der Waals surface area contributed by atoms with E-state index in [0.717, 1.165) is 18.4 Å². The van der Waals surface area contributed by atoms with Gasteiger partial charge in [0.2, 0.25) is 0 Å². The largest absolute Gasteiger partial charge is 0.493 e. The second kappa shape index (κ2) is 8.71. The molecule has 0 saturated heterocycles. The Morgan fingerprint density at radius 2 is 2.00 bits per heavy atom. The summed E-state index contributed by atoms with van der Waals surface area (Å²) in [5.41, 5.74) is 0.726. The van der Waals surface area contributed by atoms with E-state index in [4.69, 9.17) is 9.47 Å². The van der Waals surface area contributed by atoms with Crippen molar-refractivity contribution >= 4 is 24.0 Å². The van der Waals surface area contributed by atoms with Crippen molar-refractivity contribution < 1.29 is 23.9 Å². The van der Waals surface area contributed by atoms with Crippen LogP contribution in [0.3, 0.4) is 0 Å². The second-order valence-electron chi connectivity index (χ2n) is 5.21. The first kappa shape index (κ1) is 17.5. The minimum absolute atomic E-state index is 0.147. The third-order valence-electron chi connectivity index (χ3n) is 3.13. The van der Waals surface area contributed by atoms with Gasteiger partial charge in [-0.25, -0.2) is 9.59 Å². The Morgan fingerprint density at radius 1 is 1.25 bits per heavy atom.